The number of esters is 2. The van der Waals surface area contributed by atoms with Crippen LogP contribution in [0.25, 0.3) is 6.08 Å². The van der Waals surface area contributed by atoms with Crippen LogP contribution in [0.3, 0.4) is 0 Å². The molecule has 0 bridgehead atoms. The Labute approximate surface area is 203 Å². The van der Waals surface area contributed by atoms with E-state index in [1.54, 1.807) is 19.1 Å². The molecule has 0 atom stereocenters. The number of ether oxygens (including phenoxy) is 3. The minimum absolute atomic E-state index is 0.00315. The van der Waals surface area contributed by atoms with E-state index in [0.29, 0.717) is 20.3 Å². The number of hydrogen-bond donors (Lipinski definition) is 0. The van der Waals surface area contributed by atoms with E-state index < -0.39 is 16.9 Å². The number of carbonyl (C=O) groups excluding carboxylic acids is 2. The number of nitro groups is 1. The molecule has 0 unspecified atom stereocenters. The number of nitrogens with zero attached hydrogens (tertiary/aromatic N) is 2. The van der Waals surface area contributed by atoms with Crippen molar-refractivity contribution in [2.24, 2.45) is 4.99 Å². The Bertz CT molecular complexity index is 1160. The summed E-state index contributed by atoms with van der Waals surface area (Å²) in [6.45, 7) is 1.68. The summed E-state index contributed by atoms with van der Waals surface area (Å²) >= 11 is 12.5. The van der Waals surface area contributed by atoms with Gasteiger partial charge in [0.1, 0.15) is 10.8 Å². The topological polar surface area (TPSA) is 117 Å². The number of hydrogen-bond acceptors (Lipinski definition) is 8. The van der Waals surface area contributed by atoms with Gasteiger partial charge in [-0.05, 0) is 74.7 Å². The number of nitro benzene ring substituents is 1. The molecule has 1 aliphatic heterocycles. The lowest BCUT2D eigenvalue weighted by Gasteiger charge is -2.10. The van der Waals surface area contributed by atoms with Crippen LogP contribution in [0.4, 0.5) is 5.69 Å². The summed E-state index contributed by atoms with van der Waals surface area (Å²) in [7, 11) is 0. The van der Waals surface area contributed by atoms with Gasteiger partial charge in [0.2, 0.25) is 5.90 Å². The van der Waals surface area contributed by atoms with Crippen LogP contribution < -0.4 is 4.74 Å². The monoisotopic (exact) mass is 586 g/mol. The van der Waals surface area contributed by atoms with Crippen molar-refractivity contribution in [1.82, 2.24) is 0 Å². The molecule has 0 fully saturated rings. The zero-order valence-electron chi connectivity index (χ0n) is 16.3. The van der Waals surface area contributed by atoms with E-state index in [1.165, 1.54) is 24.3 Å². The molecule has 0 saturated heterocycles. The van der Waals surface area contributed by atoms with Crippen molar-refractivity contribution < 1.29 is 28.7 Å². The van der Waals surface area contributed by atoms with E-state index in [4.69, 9.17) is 25.8 Å². The fraction of sp³-hybridized carbons (Fsp3) is 0.150. The maximum absolute atomic E-state index is 12.3. The van der Waals surface area contributed by atoms with E-state index in [0.717, 1.165) is 0 Å². The predicted molar refractivity (Wildman–Crippen MR) is 123 cm³/mol. The molecule has 1 heterocycles. The van der Waals surface area contributed by atoms with Gasteiger partial charge >= 0.3 is 11.9 Å². The van der Waals surface area contributed by atoms with Crippen molar-refractivity contribution in [3.8, 4) is 5.75 Å². The third kappa shape index (κ3) is 5.53. The SMILES string of the molecule is CCOC(=O)COc1c(Br)cc(/C=C2\N=C(c3ccc(Cl)c([N+](=O)[O-])c3)OC2=O)cc1Br. The average Bonchev–Trinajstić information content (AvgIpc) is 3.08. The summed E-state index contributed by atoms with van der Waals surface area (Å²) in [6.07, 6.45) is 1.48. The summed E-state index contributed by atoms with van der Waals surface area (Å²) in [4.78, 5) is 38.3. The minimum atomic E-state index is -0.715. The van der Waals surface area contributed by atoms with Crippen LogP contribution in [0.5, 0.6) is 5.75 Å². The summed E-state index contributed by atoms with van der Waals surface area (Å²) in [5.74, 6) is -0.914. The molecule has 12 heteroatoms. The van der Waals surface area contributed by atoms with Gasteiger partial charge in [-0.3, -0.25) is 10.1 Å². The predicted octanol–water partition coefficient (Wildman–Crippen LogP) is 5.06. The van der Waals surface area contributed by atoms with Crippen LogP contribution >= 0.6 is 43.5 Å². The fourth-order valence-corrected chi connectivity index (χ4v) is 4.25. The quantitative estimate of drug-likeness (QED) is 0.192. The van der Waals surface area contributed by atoms with Crippen molar-refractivity contribution in [1.29, 1.82) is 0 Å². The molecule has 0 amide bonds. The van der Waals surface area contributed by atoms with E-state index in [9.17, 15) is 19.7 Å². The Morgan fingerprint density at radius 1 is 1.28 bits per heavy atom. The first-order valence-electron chi connectivity index (χ1n) is 8.94. The van der Waals surface area contributed by atoms with Gasteiger partial charge < -0.3 is 14.2 Å². The largest absolute Gasteiger partial charge is 0.480 e. The first kappa shape index (κ1) is 23.9. The van der Waals surface area contributed by atoms with Gasteiger partial charge in [-0.25, -0.2) is 14.6 Å². The molecule has 1 aliphatic rings. The molecule has 0 saturated carbocycles. The highest BCUT2D eigenvalue weighted by Crippen LogP contribution is 2.36. The number of aliphatic imine (C=N–C) groups is 1. The highest BCUT2D eigenvalue weighted by molar-refractivity contribution is 9.11. The third-order valence-electron chi connectivity index (χ3n) is 3.97. The van der Waals surface area contributed by atoms with E-state index in [-0.39, 0.29) is 41.1 Å². The molecule has 32 heavy (non-hydrogen) atoms. The molecule has 9 nitrogen and oxygen atoms in total. The summed E-state index contributed by atoms with van der Waals surface area (Å²) in [6, 6.07) is 7.29. The smallest absolute Gasteiger partial charge is 0.363 e. The molecule has 166 valence electrons. The standard InChI is InChI=1S/C20H13Br2ClN2O7/c1-2-30-17(26)9-31-18-12(21)5-10(6-13(18)22)7-15-20(27)32-19(24-15)11-3-4-14(23)16(8-11)25(28)29/h3-8H,2,9H2,1H3/b15-7-. The fourth-order valence-electron chi connectivity index (χ4n) is 2.61. The zero-order valence-corrected chi connectivity index (χ0v) is 20.2. The van der Waals surface area contributed by atoms with Crippen molar-refractivity contribution in [3.05, 3.63) is 71.2 Å². The number of benzene rings is 2. The number of halogens is 3. The van der Waals surface area contributed by atoms with Crippen LogP contribution in [0.2, 0.25) is 5.02 Å². The molecule has 3 rings (SSSR count). The molecule has 0 aromatic heterocycles. The van der Waals surface area contributed by atoms with Crippen LogP contribution in [-0.4, -0.2) is 36.0 Å². The van der Waals surface area contributed by atoms with Gasteiger partial charge in [0.15, 0.2) is 12.3 Å². The Balaban J connectivity index is 1.86. The summed E-state index contributed by atoms with van der Waals surface area (Å²) < 4.78 is 16.5. The molecule has 2 aromatic carbocycles. The van der Waals surface area contributed by atoms with Crippen LogP contribution in [0, 0.1) is 10.1 Å². The average molecular weight is 589 g/mol. The summed E-state index contributed by atoms with van der Waals surface area (Å²) in [5, 5.41) is 11.0. The van der Waals surface area contributed by atoms with Crippen molar-refractivity contribution in [2.75, 3.05) is 13.2 Å². The van der Waals surface area contributed by atoms with Gasteiger partial charge in [0.05, 0.1) is 20.5 Å². The van der Waals surface area contributed by atoms with Crippen molar-refractivity contribution in [3.63, 3.8) is 0 Å². The van der Waals surface area contributed by atoms with Crippen LogP contribution in [0.1, 0.15) is 18.1 Å². The lowest BCUT2D eigenvalue weighted by atomic mass is 10.2. The van der Waals surface area contributed by atoms with Crippen molar-refractivity contribution in [2.45, 2.75) is 6.92 Å². The van der Waals surface area contributed by atoms with E-state index in [1.807, 2.05) is 0 Å². The minimum Gasteiger partial charge on any atom is -0.480 e. The number of cyclic esters (lactones) is 1. The Morgan fingerprint density at radius 2 is 1.97 bits per heavy atom. The van der Waals surface area contributed by atoms with Crippen LogP contribution in [-0.2, 0) is 19.1 Å². The first-order valence-corrected chi connectivity index (χ1v) is 10.9. The highest BCUT2D eigenvalue weighted by atomic mass is 79.9. The van der Waals surface area contributed by atoms with Crippen LogP contribution in [0.15, 0.2) is 50.0 Å². The molecular formula is C20H13Br2ClN2O7. The normalized spacial score (nSPS) is 14.2. The molecule has 0 radical (unpaired) electrons. The number of rotatable bonds is 7. The maximum atomic E-state index is 12.3. The van der Waals surface area contributed by atoms with E-state index >= 15 is 0 Å². The molecule has 0 spiro atoms. The van der Waals surface area contributed by atoms with Gasteiger partial charge in [-0.15, -0.1) is 0 Å². The van der Waals surface area contributed by atoms with E-state index in [2.05, 4.69) is 36.9 Å². The van der Waals surface area contributed by atoms with Crippen molar-refractivity contribution >= 4 is 73.1 Å². The second-order valence-electron chi connectivity index (χ2n) is 6.17. The number of carbonyl (C=O) groups is 2. The molecular weight excluding hydrogens is 575 g/mol. The third-order valence-corrected chi connectivity index (χ3v) is 5.47. The molecule has 0 N–H and O–H groups in total. The Morgan fingerprint density at radius 3 is 2.59 bits per heavy atom. The maximum Gasteiger partial charge on any atom is 0.363 e. The lowest BCUT2D eigenvalue weighted by Crippen LogP contribution is -2.15. The molecule has 2 aromatic rings. The second kappa shape index (κ2) is 10.2. The summed E-state index contributed by atoms with van der Waals surface area (Å²) in [5.41, 5.74) is 0.484. The zero-order chi connectivity index (χ0) is 23.4. The molecule has 0 aliphatic carbocycles. The second-order valence-corrected chi connectivity index (χ2v) is 8.28. The van der Waals surface area contributed by atoms with Gasteiger partial charge in [0.25, 0.3) is 5.69 Å². The van der Waals surface area contributed by atoms with Gasteiger partial charge in [0, 0.05) is 11.6 Å². The Hall–Kier alpha value is -2.76. The van der Waals surface area contributed by atoms with Gasteiger partial charge in [-0.2, -0.15) is 0 Å². The Kier molecular flexibility index (Phi) is 7.64. The first-order chi connectivity index (χ1) is 15.2. The van der Waals surface area contributed by atoms with Gasteiger partial charge in [-0.1, -0.05) is 11.6 Å². The highest BCUT2D eigenvalue weighted by Gasteiger charge is 2.26. The lowest BCUT2D eigenvalue weighted by molar-refractivity contribution is -0.384.